The average molecular weight is 205 g/mol. The van der Waals surface area contributed by atoms with Crippen LogP contribution >= 0.6 is 15.9 Å². The summed E-state index contributed by atoms with van der Waals surface area (Å²) in [5, 5.41) is 0.298. The van der Waals surface area contributed by atoms with Gasteiger partial charge in [-0.15, -0.1) is 0 Å². The van der Waals surface area contributed by atoms with E-state index in [1.807, 2.05) is 0 Å². The van der Waals surface area contributed by atoms with Crippen molar-refractivity contribution >= 4 is 15.9 Å². The third kappa shape index (κ3) is 1.74. The Morgan fingerprint density at radius 2 is 2.10 bits per heavy atom. The molecular formula is C8H9BrO. The Kier molecular flexibility index (Phi) is 1.36. The predicted octanol–water partition coefficient (Wildman–Crippen LogP) is 2.59. The third-order valence-electron chi connectivity index (χ3n) is 0.992. The highest BCUT2D eigenvalue weighted by Crippen LogP contribution is 2.12. The van der Waals surface area contributed by atoms with E-state index < -0.39 is 0 Å². The molecular weight excluding hydrogens is 192 g/mol. The first kappa shape index (κ1) is 3.77. The van der Waals surface area contributed by atoms with Crippen molar-refractivity contribution in [2.45, 2.75) is 5.33 Å². The number of hydrogen-bond donors (Lipinski definition) is 0. The number of alkyl halides is 1. The van der Waals surface area contributed by atoms with Gasteiger partial charge in [-0.2, -0.15) is 0 Å². The lowest BCUT2D eigenvalue weighted by atomic mass is 10.2. The number of hydrogen-bond acceptors (Lipinski definition) is 1. The van der Waals surface area contributed by atoms with Crippen LogP contribution in [0.1, 0.15) is 11.0 Å². The number of methoxy groups -OCH3 is 1. The summed E-state index contributed by atoms with van der Waals surface area (Å²) in [4.78, 5) is 0. The summed E-state index contributed by atoms with van der Waals surface area (Å²) in [5.74, 6) is -0.00954. The van der Waals surface area contributed by atoms with Crippen LogP contribution in [0.2, 0.25) is 0 Å². The lowest BCUT2D eigenvalue weighted by Crippen LogP contribution is -1.82. The average Bonchev–Trinajstić information content (AvgIpc) is 2.17. The second-order valence-electron chi connectivity index (χ2n) is 1.65. The minimum Gasteiger partial charge on any atom is -0.497 e. The van der Waals surface area contributed by atoms with Crippen LogP contribution in [0.5, 0.6) is 5.75 Å². The van der Waals surface area contributed by atoms with Gasteiger partial charge in [-0.25, -0.2) is 0 Å². The molecule has 0 amide bonds. The maximum absolute atomic E-state index is 7.58. The molecule has 0 saturated heterocycles. The quantitative estimate of drug-likeness (QED) is 0.674. The number of rotatable bonds is 2. The summed E-state index contributed by atoms with van der Waals surface area (Å²) in [7, 11) is 1.33. The molecule has 0 bridgehead atoms. The molecule has 1 aromatic rings. The first-order valence-electron chi connectivity index (χ1n) is 4.73. The second kappa shape index (κ2) is 3.62. The standard InChI is InChI=1S/C8H9BrO/c1-10-8-4-2-7(6-9)3-5-8/h2-5H,6H2,1H3/i2D,3D,4D,5D. The van der Waals surface area contributed by atoms with Crippen molar-refractivity contribution in [2.24, 2.45) is 0 Å². The topological polar surface area (TPSA) is 9.23 Å². The van der Waals surface area contributed by atoms with Gasteiger partial charge < -0.3 is 4.74 Å². The third-order valence-corrected chi connectivity index (χ3v) is 1.55. The summed E-state index contributed by atoms with van der Waals surface area (Å²) < 4.78 is 35.0. The minimum absolute atomic E-state index is 0.00954. The largest absolute Gasteiger partial charge is 0.497 e. The van der Waals surface area contributed by atoms with Crippen molar-refractivity contribution < 1.29 is 10.2 Å². The van der Waals surface area contributed by atoms with E-state index in [0.717, 1.165) is 0 Å². The molecule has 0 atom stereocenters. The Labute approximate surface area is 74.8 Å². The molecule has 2 heteroatoms. The first-order chi connectivity index (χ1) is 6.54. The summed E-state index contributed by atoms with van der Waals surface area (Å²) in [6.07, 6.45) is 0. The van der Waals surface area contributed by atoms with E-state index in [-0.39, 0.29) is 29.9 Å². The normalized spacial score (nSPS) is 15.0. The zero-order chi connectivity index (χ0) is 10.9. The lowest BCUT2D eigenvalue weighted by molar-refractivity contribution is 0.414. The zero-order valence-corrected chi connectivity index (χ0v) is 7.08. The van der Waals surface area contributed by atoms with E-state index in [0.29, 0.717) is 10.9 Å². The van der Waals surface area contributed by atoms with Gasteiger partial charge in [0.1, 0.15) is 5.75 Å². The van der Waals surface area contributed by atoms with Gasteiger partial charge >= 0.3 is 0 Å². The molecule has 0 heterocycles. The highest BCUT2D eigenvalue weighted by molar-refractivity contribution is 9.08. The monoisotopic (exact) mass is 204 g/mol. The van der Waals surface area contributed by atoms with E-state index >= 15 is 0 Å². The van der Waals surface area contributed by atoms with E-state index in [1.54, 1.807) is 0 Å². The fourth-order valence-electron chi connectivity index (χ4n) is 0.496. The molecule has 10 heavy (non-hydrogen) atoms. The molecule has 0 aliphatic heterocycles. The molecule has 54 valence electrons. The molecule has 0 saturated carbocycles. The van der Waals surface area contributed by atoms with E-state index in [1.165, 1.54) is 7.11 Å². The molecule has 1 aromatic carbocycles. The molecule has 0 fully saturated rings. The highest BCUT2D eigenvalue weighted by atomic mass is 79.9. The molecule has 0 unspecified atom stereocenters. The van der Waals surface area contributed by atoms with Gasteiger partial charge in [0.2, 0.25) is 0 Å². The van der Waals surface area contributed by atoms with Crippen molar-refractivity contribution in [1.29, 1.82) is 0 Å². The maximum Gasteiger partial charge on any atom is 0.118 e. The molecule has 0 aliphatic carbocycles. The number of ether oxygens (including phenoxy) is 1. The molecule has 0 spiro atoms. The summed E-state index contributed by atoms with van der Waals surface area (Å²) in [6, 6.07) is -0.384. The smallest absolute Gasteiger partial charge is 0.118 e. The fourth-order valence-corrected chi connectivity index (χ4v) is 0.776. The summed E-state index contributed by atoms with van der Waals surface area (Å²) in [6.45, 7) is 0. The van der Waals surface area contributed by atoms with Crippen LogP contribution in [0, 0.1) is 0 Å². The Bertz CT molecular complexity index is 303. The Morgan fingerprint density at radius 1 is 1.50 bits per heavy atom. The van der Waals surface area contributed by atoms with Gasteiger partial charge in [-0.1, -0.05) is 28.0 Å². The Balaban J connectivity index is 3.55. The van der Waals surface area contributed by atoms with Crippen LogP contribution in [0.25, 0.3) is 0 Å². The Morgan fingerprint density at radius 3 is 2.50 bits per heavy atom. The molecule has 0 radical (unpaired) electrons. The SMILES string of the molecule is [2H]c1c([2H])c(OC)c([2H])c([2H])c1CBr. The van der Waals surface area contributed by atoms with Crippen molar-refractivity contribution in [3.8, 4) is 5.75 Å². The van der Waals surface area contributed by atoms with Gasteiger partial charge in [0.05, 0.1) is 12.6 Å². The van der Waals surface area contributed by atoms with Crippen LogP contribution in [-0.2, 0) is 5.33 Å². The summed E-state index contributed by atoms with van der Waals surface area (Å²) in [5.41, 5.74) is 0.348. The molecule has 0 N–H and O–H groups in total. The molecule has 0 aliphatic rings. The van der Waals surface area contributed by atoms with Crippen LogP contribution < -0.4 is 4.74 Å². The van der Waals surface area contributed by atoms with E-state index in [2.05, 4.69) is 15.9 Å². The van der Waals surface area contributed by atoms with Crippen molar-refractivity contribution in [3.05, 3.63) is 29.7 Å². The Hall–Kier alpha value is -0.500. The lowest BCUT2D eigenvalue weighted by Gasteiger charge is -1.98. The van der Waals surface area contributed by atoms with Gasteiger partial charge in [0.25, 0.3) is 0 Å². The molecule has 1 rings (SSSR count). The van der Waals surface area contributed by atoms with Crippen molar-refractivity contribution in [3.63, 3.8) is 0 Å². The van der Waals surface area contributed by atoms with E-state index in [4.69, 9.17) is 10.2 Å². The van der Waals surface area contributed by atoms with Crippen LogP contribution in [0.3, 0.4) is 0 Å². The number of benzene rings is 1. The van der Waals surface area contributed by atoms with Gasteiger partial charge in [0, 0.05) is 5.33 Å². The zero-order valence-electron chi connectivity index (χ0n) is 9.49. The van der Waals surface area contributed by atoms with Crippen molar-refractivity contribution in [2.75, 3.05) is 7.11 Å². The van der Waals surface area contributed by atoms with Crippen LogP contribution in [-0.4, -0.2) is 7.11 Å². The van der Waals surface area contributed by atoms with Gasteiger partial charge in [0.15, 0.2) is 0 Å². The van der Waals surface area contributed by atoms with Crippen LogP contribution in [0.4, 0.5) is 0 Å². The van der Waals surface area contributed by atoms with Crippen molar-refractivity contribution in [1.82, 2.24) is 0 Å². The second-order valence-corrected chi connectivity index (χ2v) is 2.21. The summed E-state index contributed by atoms with van der Waals surface area (Å²) >= 11 is 3.13. The number of halogens is 1. The van der Waals surface area contributed by atoms with Crippen LogP contribution in [0.15, 0.2) is 24.2 Å². The molecule has 1 nitrogen and oxygen atoms in total. The first-order valence-corrected chi connectivity index (χ1v) is 3.85. The van der Waals surface area contributed by atoms with Gasteiger partial charge in [-0.05, 0) is 17.6 Å². The minimum atomic E-state index is -0.136. The van der Waals surface area contributed by atoms with E-state index in [9.17, 15) is 0 Å². The van der Waals surface area contributed by atoms with Gasteiger partial charge in [-0.3, -0.25) is 0 Å². The fraction of sp³-hybridized carbons (Fsp3) is 0.250. The highest BCUT2D eigenvalue weighted by Gasteiger charge is 1.89. The maximum atomic E-state index is 7.58. The predicted molar refractivity (Wildman–Crippen MR) is 45.6 cm³/mol. The molecule has 0 aromatic heterocycles.